The maximum absolute atomic E-state index is 12.1. The summed E-state index contributed by atoms with van der Waals surface area (Å²) in [4.78, 5) is 0. The average Bonchev–Trinajstić information content (AvgIpc) is 2.94. The van der Waals surface area contributed by atoms with Crippen LogP contribution in [0.4, 0.5) is 13.2 Å². The maximum atomic E-state index is 12.1. The van der Waals surface area contributed by atoms with E-state index in [0.717, 1.165) is 12.8 Å². The number of rotatable bonds is 4. The fraction of sp³-hybridized carbons (Fsp3) is 0.455. The molecule has 0 radical (unpaired) electrons. The minimum Gasteiger partial charge on any atom is -0.488 e. The lowest BCUT2D eigenvalue weighted by Crippen LogP contribution is -2.30. The van der Waals surface area contributed by atoms with Gasteiger partial charge in [-0.2, -0.15) is 0 Å². The highest BCUT2D eigenvalue weighted by Crippen LogP contribution is 2.36. The molecule has 94 valence electrons. The smallest absolute Gasteiger partial charge is 0.488 e. The summed E-state index contributed by atoms with van der Waals surface area (Å²) in [6.07, 6.45) is -3.07. The number of hydrogen-bond acceptors (Lipinski definition) is 3. The lowest BCUT2D eigenvalue weighted by Gasteiger charge is -2.15. The molecular formula is C11H12F3NO2. The van der Waals surface area contributed by atoms with Crippen molar-refractivity contribution < 1.29 is 22.6 Å². The van der Waals surface area contributed by atoms with Gasteiger partial charge in [-0.05, 0) is 25.0 Å². The molecule has 2 rings (SSSR count). The van der Waals surface area contributed by atoms with E-state index >= 15 is 0 Å². The van der Waals surface area contributed by atoms with E-state index in [1.807, 2.05) is 0 Å². The van der Waals surface area contributed by atoms with Crippen LogP contribution in [0.3, 0.4) is 0 Å². The maximum Gasteiger partial charge on any atom is 0.573 e. The Labute approximate surface area is 96.3 Å². The van der Waals surface area contributed by atoms with Crippen molar-refractivity contribution in [2.75, 3.05) is 6.61 Å². The number of para-hydroxylation sites is 2. The third-order valence-corrected chi connectivity index (χ3v) is 2.48. The van der Waals surface area contributed by atoms with Crippen LogP contribution in [0.1, 0.15) is 12.8 Å². The third kappa shape index (κ3) is 3.52. The molecule has 1 aliphatic rings. The van der Waals surface area contributed by atoms with E-state index in [4.69, 9.17) is 10.5 Å². The van der Waals surface area contributed by atoms with E-state index in [1.165, 1.54) is 18.2 Å². The Balaban J connectivity index is 2.04. The second-order valence-electron chi connectivity index (χ2n) is 4.15. The monoisotopic (exact) mass is 247 g/mol. The predicted molar refractivity (Wildman–Crippen MR) is 54.8 cm³/mol. The first-order chi connectivity index (χ1) is 7.88. The Morgan fingerprint density at radius 1 is 1.18 bits per heavy atom. The first-order valence-electron chi connectivity index (χ1n) is 5.14. The molecule has 6 heteroatoms. The van der Waals surface area contributed by atoms with Crippen molar-refractivity contribution in [2.45, 2.75) is 24.7 Å². The van der Waals surface area contributed by atoms with Gasteiger partial charge in [0.2, 0.25) is 0 Å². The van der Waals surface area contributed by atoms with Crippen molar-refractivity contribution in [1.82, 2.24) is 0 Å². The lowest BCUT2D eigenvalue weighted by molar-refractivity contribution is -0.275. The Morgan fingerprint density at radius 3 is 2.29 bits per heavy atom. The lowest BCUT2D eigenvalue weighted by atomic mass is 10.3. The van der Waals surface area contributed by atoms with Gasteiger partial charge in [-0.15, -0.1) is 13.2 Å². The second-order valence-corrected chi connectivity index (χ2v) is 4.15. The molecule has 0 spiro atoms. The number of ether oxygens (including phenoxy) is 2. The molecule has 1 saturated carbocycles. The molecule has 0 amide bonds. The molecule has 0 unspecified atom stereocenters. The van der Waals surface area contributed by atoms with Crippen LogP contribution < -0.4 is 15.2 Å². The molecule has 0 saturated heterocycles. The number of benzene rings is 1. The number of hydrogen-bond donors (Lipinski definition) is 1. The number of halogens is 3. The summed E-state index contributed by atoms with van der Waals surface area (Å²) in [5, 5.41) is 0. The van der Waals surface area contributed by atoms with Gasteiger partial charge in [-0.25, -0.2) is 0 Å². The summed E-state index contributed by atoms with van der Waals surface area (Å²) in [6.45, 7) is 0.200. The van der Waals surface area contributed by atoms with Crippen LogP contribution in [0.2, 0.25) is 0 Å². The van der Waals surface area contributed by atoms with Crippen molar-refractivity contribution in [3.05, 3.63) is 24.3 Å². The van der Waals surface area contributed by atoms with E-state index in [2.05, 4.69) is 4.74 Å². The molecule has 1 aromatic carbocycles. The zero-order chi connectivity index (χ0) is 12.5. The van der Waals surface area contributed by atoms with Crippen LogP contribution >= 0.6 is 0 Å². The highest BCUT2D eigenvalue weighted by atomic mass is 19.4. The molecule has 0 aromatic heterocycles. The van der Waals surface area contributed by atoms with Crippen LogP contribution in [-0.4, -0.2) is 18.5 Å². The molecule has 3 nitrogen and oxygen atoms in total. The van der Waals surface area contributed by atoms with Crippen molar-refractivity contribution in [1.29, 1.82) is 0 Å². The fourth-order valence-electron chi connectivity index (χ4n) is 1.30. The molecule has 0 heterocycles. The first kappa shape index (κ1) is 12.0. The van der Waals surface area contributed by atoms with Crippen LogP contribution in [0.25, 0.3) is 0 Å². The van der Waals surface area contributed by atoms with Gasteiger partial charge in [0, 0.05) is 0 Å². The molecular weight excluding hydrogens is 235 g/mol. The largest absolute Gasteiger partial charge is 0.573 e. The van der Waals surface area contributed by atoms with Crippen LogP contribution in [0.15, 0.2) is 24.3 Å². The van der Waals surface area contributed by atoms with Crippen molar-refractivity contribution >= 4 is 0 Å². The van der Waals surface area contributed by atoms with Gasteiger partial charge in [0.25, 0.3) is 0 Å². The van der Waals surface area contributed by atoms with Gasteiger partial charge < -0.3 is 15.2 Å². The fourth-order valence-corrected chi connectivity index (χ4v) is 1.30. The van der Waals surface area contributed by atoms with E-state index < -0.39 is 6.36 Å². The average molecular weight is 247 g/mol. The van der Waals surface area contributed by atoms with Gasteiger partial charge in [0.15, 0.2) is 11.5 Å². The van der Waals surface area contributed by atoms with Gasteiger partial charge in [0.1, 0.15) is 6.61 Å². The zero-order valence-electron chi connectivity index (χ0n) is 8.96. The molecule has 0 atom stereocenters. The van der Waals surface area contributed by atoms with Crippen molar-refractivity contribution in [3.63, 3.8) is 0 Å². The molecule has 0 bridgehead atoms. The minimum absolute atomic E-state index is 0.0570. The van der Waals surface area contributed by atoms with Gasteiger partial charge in [-0.3, -0.25) is 0 Å². The summed E-state index contributed by atoms with van der Waals surface area (Å²) >= 11 is 0. The summed E-state index contributed by atoms with van der Waals surface area (Å²) < 4.78 is 45.4. The standard InChI is InChI=1S/C11H12F3NO2/c12-11(13,14)17-9-4-2-1-3-8(9)16-7-10(15)5-6-10/h1-4H,5-7,15H2. The SMILES string of the molecule is NC1(COc2ccccc2OC(F)(F)F)CC1. The topological polar surface area (TPSA) is 44.5 Å². The molecule has 1 fully saturated rings. The molecule has 2 N–H and O–H groups in total. The van der Waals surface area contributed by atoms with Crippen molar-refractivity contribution in [3.8, 4) is 11.5 Å². The Kier molecular flexibility index (Phi) is 2.91. The Hall–Kier alpha value is -1.43. The Bertz CT molecular complexity index is 402. The summed E-state index contributed by atoms with van der Waals surface area (Å²) in [6, 6.07) is 5.66. The summed E-state index contributed by atoms with van der Waals surface area (Å²) in [5.74, 6) is -0.286. The molecule has 1 aliphatic carbocycles. The van der Waals surface area contributed by atoms with E-state index in [1.54, 1.807) is 6.07 Å². The van der Waals surface area contributed by atoms with Crippen molar-refractivity contribution in [2.24, 2.45) is 5.73 Å². The van der Waals surface area contributed by atoms with Crippen LogP contribution in [0, 0.1) is 0 Å². The third-order valence-electron chi connectivity index (χ3n) is 2.48. The van der Waals surface area contributed by atoms with Gasteiger partial charge >= 0.3 is 6.36 Å². The highest BCUT2D eigenvalue weighted by Gasteiger charge is 2.39. The van der Waals surface area contributed by atoms with Gasteiger partial charge in [0.05, 0.1) is 5.54 Å². The first-order valence-corrected chi connectivity index (χ1v) is 5.14. The quantitative estimate of drug-likeness (QED) is 0.888. The van der Waals surface area contributed by atoms with Crippen LogP contribution in [0.5, 0.6) is 11.5 Å². The summed E-state index contributed by atoms with van der Waals surface area (Å²) in [5.41, 5.74) is 5.40. The number of nitrogens with two attached hydrogens (primary N) is 1. The summed E-state index contributed by atoms with van der Waals surface area (Å²) in [7, 11) is 0. The molecule has 0 aliphatic heterocycles. The highest BCUT2D eigenvalue weighted by molar-refractivity contribution is 5.39. The predicted octanol–water partition coefficient (Wildman–Crippen LogP) is 2.46. The number of alkyl halides is 3. The van der Waals surface area contributed by atoms with Gasteiger partial charge in [-0.1, -0.05) is 12.1 Å². The van der Waals surface area contributed by atoms with E-state index in [-0.39, 0.29) is 23.6 Å². The molecule has 17 heavy (non-hydrogen) atoms. The second kappa shape index (κ2) is 4.10. The zero-order valence-corrected chi connectivity index (χ0v) is 8.96. The minimum atomic E-state index is -4.72. The molecule has 1 aromatic rings. The Morgan fingerprint density at radius 2 is 1.76 bits per heavy atom. The van der Waals surface area contributed by atoms with Crippen LogP contribution in [-0.2, 0) is 0 Å². The van der Waals surface area contributed by atoms with E-state index in [0.29, 0.717) is 0 Å². The normalized spacial score (nSPS) is 17.6. The van der Waals surface area contributed by atoms with E-state index in [9.17, 15) is 13.2 Å².